The van der Waals surface area contributed by atoms with Crippen LogP contribution in [0.2, 0.25) is 10.0 Å². The Morgan fingerprint density at radius 2 is 1.95 bits per heavy atom. The zero-order valence-corrected chi connectivity index (χ0v) is 13.2. The van der Waals surface area contributed by atoms with Crippen molar-refractivity contribution < 1.29 is 14.7 Å². The van der Waals surface area contributed by atoms with Crippen molar-refractivity contribution in [2.75, 3.05) is 6.54 Å². The van der Waals surface area contributed by atoms with E-state index in [2.05, 4.69) is 0 Å². The van der Waals surface area contributed by atoms with Gasteiger partial charge in [0.2, 0.25) is 0 Å². The number of carbonyl (C=O) groups excluding carboxylic acids is 1. The molecule has 1 N–H and O–H groups in total. The van der Waals surface area contributed by atoms with Crippen LogP contribution in [-0.2, 0) is 4.79 Å². The summed E-state index contributed by atoms with van der Waals surface area (Å²) in [5.41, 5.74) is -0.960. The maximum Gasteiger partial charge on any atom is 0.329 e. The van der Waals surface area contributed by atoms with Gasteiger partial charge >= 0.3 is 5.97 Å². The number of rotatable bonds is 4. The molecule has 0 aliphatic carbocycles. The van der Waals surface area contributed by atoms with Crippen LogP contribution in [0, 0.1) is 0 Å². The van der Waals surface area contributed by atoms with Crippen LogP contribution in [0.3, 0.4) is 0 Å². The molecule has 1 aromatic carbocycles. The van der Waals surface area contributed by atoms with Crippen LogP contribution in [0.25, 0.3) is 0 Å². The third-order valence-corrected chi connectivity index (χ3v) is 4.60. The number of aliphatic carboxylic acids is 1. The van der Waals surface area contributed by atoms with Crippen LogP contribution in [-0.4, -0.2) is 34.0 Å². The number of carbonyl (C=O) groups is 2. The fourth-order valence-corrected chi connectivity index (χ4v) is 3.57. The molecule has 1 amide bonds. The topological polar surface area (TPSA) is 57.6 Å². The van der Waals surface area contributed by atoms with Crippen molar-refractivity contribution in [3.8, 4) is 0 Å². The molecule has 1 atom stereocenters. The number of hydrogen-bond donors (Lipinski definition) is 1. The van der Waals surface area contributed by atoms with E-state index < -0.39 is 17.4 Å². The van der Waals surface area contributed by atoms with Gasteiger partial charge in [-0.1, -0.05) is 42.6 Å². The van der Waals surface area contributed by atoms with E-state index in [4.69, 9.17) is 23.2 Å². The molecule has 1 unspecified atom stereocenters. The first-order chi connectivity index (χ1) is 9.94. The lowest BCUT2D eigenvalue weighted by molar-refractivity contribution is -0.148. The summed E-state index contributed by atoms with van der Waals surface area (Å²) in [6, 6.07) is 4.82. The van der Waals surface area contributed by atoms with Crippen molar-refractivity contribution >= 4 is 35.1 Å². The van der Waals surface area contributed by atoms with Gasteiger partial charge in [0.25, 0.3) is 5.91 Å². The summed E-state index contributed by atoms with van der Waals surface area (Å²) in [5, 5.41) is 10.1. The summed E-state index contributed by atoms with van der Waals surface area (Å²) < 4.78 is 0. The molecular formula is C15H17Cl2NO3. The standard InChI is InChI=1S/C15H17Cl2NO3/c1-2-7-15(14(20)21)8-4-9-18(15)13(19)12-10(16)5-3-6-11(12)17/h3,5-6H,2,4,7-9H2,1H3,(H,20,21). The van der Waals surface area contributed by atoms with Gasteiger partial charge in [-0.15, -0.1) is 0 Å². The second kappa shape index (κ2) is 6.24. The number of carboxylic acid groups (broad SMARTS) is 1. The first-order valence-corrected chi connectivity index (χ1v) is 7.69. The lowest BCUT2D eigenvalue weighted by atomic mass is 9.90. The summed E-state index contributed by atoms with van der Waals surface area (Å²) >= 11 is 12.1. The molecule has 1 aromatic rings. The smallest absolute Gasteiger partial charge is 0.329 e. The highest BCUT2D eigenvalue weighted by Gasteiger charge is 2.49. The molecule has 0 radical (unpaired) electrons. The maximum atomic E-state index is 12.8. The monoisotopic (exact) mass is 329 g/mol. The number of halogens is 2. The summed E-state index contributed by atoms with van der Waals surface area (Å²) in [4.78, 5) is 26.0. The molecule has 4 nitrogen and oxygen atoms in total. The lowest BCUT2D eigenvalue weighted by Crippen LogP contribution is -2.53. The second-order valence-corrected chi connectivity index (χ2v) is 6.06. The SMILES string of the molecule is CCCC1(C(=O)O)CCCN1C(=O)c1c(Cl)cccc1Cl. The molecule has 114 valence electrons. The van der Waals surface area contributed by atoms with Crippen molar-refractivity contribution in [3.05, 3.63) is 33.8 Å². The molecule has 0 saturated carbocycles. The number of likely N-dealkylation sites (tertiary alicyclic amines) is 1. The fourth-order valence-electron chi connectivity index (χ4n) is 3.01. The van der Waals surface area contributed by atoms with Crippen molar-refractivity contribution in [2.45, 2.75) is 38.1 Å². The van der Waals surface area contributed by atoms with Gasteiger partial charge in [-0.3, -0.25) is 4.79 Å². The van der Waals surface area contributed by atoms with E-state index in [1.165, 1.54) is 4.90 Å². The van der Waals surface area contributed by atoms with Crippen LogP contribution in [0.5, 0.6) is 0 Å². The normalized spacial score (nSPS) is 21.6. The van der Waals surface area contributed by atoms with Gasteiger partial charge in [0.1, 0.15) is 5.54 Å². The number of benzene rings is 1. The van der Waals surface area contributed by atoms with Crippen LogP contribution in [0.1, 0.15) is 43.0 Å². The average Bonchev–Trinajstić information content (AvgIpc) is 2.84. The van der Waals surface area contributed by atoms with Crippen LogP contribution < -0.4 is 0 Å². The molecule has 1 aliphatic heterocycles. The van der Waals surface area contributed by atoms with Gasteiger partial charge in [0.05, 0.1) is 15.6 Å². The first-order valence-electron chi connectivity index (χ1n) is 6.93. The molecule has 0 aromatic heterocycles. The van der Waals surface area contributed by atoms with E-state index in [0.717, 1.165) is 0 Å². The minimum atomic E-state index is -1.14. The maximum absolute atomic E-state index is 12.8. The summed E-state index contributed by atoms with van der Waals surface area (Å²) in [7, 11) is 0. The van der Waals surface area contributed by atoms with Gasteiger partial charge < -0.3 is 10.0 Å². The van der Waals surface area contributed by atoms with Gasteiger partial charge in [-0.2, -0.15) is 0 Å². The Hall–Kier alpha value is -1.26. The van der Waals surface area contributed by atoms with E-state index >= 15 is 0 Å². The van der Waals surface area contributed by atoms with E-state index in [0.29, 0.717) is 32.2 Å². The number of carboxylic acids is 1. The van der Waals surface area contributed by atoms with Crippen LogP contribution in [0.4, 0.5) is 0 Å². The highest BCUT2D eigenvalue weighted by atomic mass is 35.5. The van der Waals surface area contributed by atoms with Crippen molar-refractivity contribution in [3.63, 3.8) is 0 Å². The Morgan fingerprint density at radius 1 is 1.33 bits per heavy atom. The minimum Gasteiger partial charge on any atom is -0.479 e. The van der Waals surface area contributed by atoms with E-state index in [1.807, 2.05) is 6.92 Å². The highest BCUT2D eigenvalue weighted by Crippen LogP contribution is 2.37. The number of hydrogen-bond acceptors (Lipinski definition) is 2. The van der Waals surface area contributed by atoms with E-state index in [1.54, 1.807) is 18.2 Å². The zero-order valence-electron chi connectivity index (χ0n) is 11.7. The Morgan fingerprint density at radius 3 is 2.48 bits per heavy atom. The van der Waals surface area contributed by atoms with Crippen LogP contribution in [0.15, 0.2) is 18.2 Å². The summed E-state index contributed by atoms with van der Waals surface area (Å²) in [6.45, 7) is 2.32. The molecule has 1 aliphatic rings. The van der Waals surface area contributed by atoms with E-state index in [9.17, 15) is 14.7 Å². The Bertz CT molecular complexity index is 556. The van der Waals surface area contributed by atoms with Gasteiger partial charge in [-0.25, -0.2) is 4.79 Å². The van der Waals surface area contributed by atoms with Gasteiger partial charge in [-0.05, 0) is 31.4 Å². The molecule has 6 heteroatoms. The third kappa shape index (κ3) is 2.74. The molecule has 2 rings (SSSR count). The number of nitrogens with zero attached hydrogens (tertiary/aromatic N) is 1. The van der Waals surface area contributed by atoms with Gasteiger partial charge in [0, 0.05) is 6.54 Å². The predicted molar refractivity (Wildman–Crippen MR) is 82.0 cm³/mol. The van der Waals surface area contributed by atoms with Crippen LogP contribution >= 0.6 is 23.2 Å². The minimum absolute atomic E-state index is 0.185. The van der Waals surface area contributed by atoms with E-state index in [-0.39, 0.29) is 15.6 Å². The molecule has 1 heterocycles. The summed E-state index contributed by atoms with van der Waals surface area (Å²) in [6.07, 6.45) is 2.24. The summed E-state index contributed by atoms with van der Waals surface area (Å²) in [5.74, 6) is -1.36. The largest absolute Gasteiger partial charge is 0.479 e. The molecule has 21 heavy (non-hydrogen) atoms. The Kier molecular flexibility index (Phi) is 4.79. The number of amides is 1. The van der Waals surface area contributed by atoms with Crippen molar-refractivity contribution in [1.29, 1.82) is 0 Å². The highest BCUT2D eigenvalue weighted by molar-refractivity contribution is 6.39. The molecule has 1 fully saturated rings. The molecule has 0 spiro atoms. The Labute approximate surface area is 133 Å². The quantitative estimate of drug-likeness (QED) is 0.912. The predicted octanol–water partition coefficient (Wildman–Crippen LogP) is 3.85. The molecule has 0 bridgehead atoms. The molecule has 1 saturated heterocycles. The van der Waals surface area contributed by atoms with Crippen molar-refractivity contribution in [2.24, 2.45) is 0 Å². The van der Waals surface area contributed by atoms with Gasteiger partial charge in [0.15, 0.2) is 0 Å². The Balaban J connectivity index is 2.44. The second-order valence-electron chi connectivity index (χ2n) is 5.24. The first kappa shape index (κ1) is 16.1. The van der Waals surface area contributed by atoms with Crippen molar-refractivity contribution in [1.82, 2.24) is 4.90 Å². The molecular weight excluding hydrogens is 313 g/mol. The zero-order chi connectivity index (χ0) is 15.6. The third-order valence-electron chi connectivity index (χ3n) is 3.97. The average molecular weight is 330 g/mol. The fraction of sp³-hybridized carbons (Fsp3) is 0.467. The lowest BCUT2D eigenvalue weighted by Gasteiger charge is -2.35.